The number of amides is 2. The molecule has 6 nitrogen and oxygen atoms in total. The van der Waals surface area contributed by atoms with Crippen LogP contribution < -0.4 is 5.32 Å². The summed E-state index contributed by atoms with van der Waals surface area (Å²) in [5.41, 5.74) is 4.21. The third kappa shape index (κ3) is 5.76. The highest BCUT2D eigenvalue weighted by atomic mass is 32.2. The number of benzene rings is 2. The molecule has 2 amide bonds. The summed E-state index contributed by atoms with van der Waals surface area (Å²) in [6, 6.07) is 15.1. The maximum Gasteiger partial charge on any atom is 0.256 e. The minimum atomic E-state index is -0.169. The van der Waals surface area contributed by atoms with Crippen molar-refractivity contribution >= 4 is 29.3 Å². The Morgan fingerprint density at radius 2 is 1.90 bits per heavy atom. The summed E-state index contributed by atoms with van der Waals surface area (Å²) in [7, 11) is 0. The number of hydrogen-bond donors (Lipinski definition) is 1. The summed E-state index contributed by atoms with van der Waals surface area (Å²) >= 11 is 1.58. The number of aryl methyl sites for hydroxylation is 2. The van der Waals surface area contributed by atoms with Crippen LogP contribution in [0.5, 0.6) is 0 Å². The Labute approximate surface area is 187 Å². The molecule has 0 atom stereocenters. The van der Waals surface area contributed by atoms with Crippen LogP contribution in [-0.2, 0) is 17.1 Å². The van der Waals surface area contributed by atoms with E-state index in [2.05, 4.69) is 10.5 Å². The van der Waals surface area contributed by atoms with E-state index in [4.69, 9.17) is 4.52 Å². The molecule has 0 unspecified atom stereocenters. The standard InChI is InChI=1S/C24H27N3O3S/c1-5-27(18(4)28)14-19-9-8-10-20(13-19)25-24(29)21-11-6-7-12-23(21)31-15-22-16(2)26-30-17(22)3/h6-13H,5,14-15H2,1-4H3,(H,25,29). The first-order valence-electron chi connectivity index (χ1n) is 10.2. The molecule has 0 radical (unpaired) electrons. The number of carbonyl (C=O) groups is 2. The van der Waals surface area contributed by atoms with Crippen LogP contribution in [0.3, 0.4) is 0 Å². The summed E-state index contributed by atoms with van der Waals surface area (Å²) in [5.74, 6) is 1.34. The van der Waals surface area contributed by atoms with Gasteiger partial charge in [-0.25, -0.2) is 0 Å². The molecular weight excluding hydrogens is 410 g/mol. The van der Waals surface area contributed by atoms with Gasteiger partial charge in [-0.2, -0.15) is 0 Å². The zero-order valence-corrected chi connectivity index (χ0v) is 19.1. The summed E-state index contributed by atoms with van der Waals surface area (Å²) in [5, 5.41) is 6.98. The highest BCUT2D eigenvalue weighted by Gasteiger charge is 2.15. The average molecular weight is 438 g/mol. The molecule has 31 heavy (non-hydrogen) atoms. The summed E-state index contributed by atoms with van der Waals surface area (Å²) in [4.78, 5) is 27.4. The second kappa shape index (κ2) is 10.3. The van der Waals surface area contributed by atoms with E-state index in [9.17, 15) is 9.59 Å². The van der Waals surface area contributed by atoms with Crippen molar-refractivity contribution in [2.45, 2.75) is 44.9 Å². The predicted molar refractivity (Wildman–Crippen MR) is 123 cm³/mol. The Morgan fingerprint density at radius 3 is 2.58 bits per heavy atom. The maximum absolute atomic E-state index is 13.0. The van der Waals surface area contributed by atoms with Crippen molar-refractivity contribution in [3.8, 4) is 0 Å². The molecule has 0 aliphatic heterocycles. The largest absolute Gasteiger partial charge is 0.361 e. The number of thioether (sulfide) groups is 1. The molecule has 3 aromatic rings. The Kier molecular flexibility index (Phi) is 7.52. The molecule has 0 fully saturated rings. The second-order valence-corrected chi connectivity index (χ2v) is 8.29. The van der Waals surface area contributed by atoms with Crippen LogP contribution in [0.4, 0.5) is 5.69 Å². The lowest BCUT2D eigenvalue weighted by atomic mass is 10.1. The van der Waals surface area contributed by atoms with Crippen molar-refractivity contribution in [1.82, 2.24) is 10.1 Å². The summed E-state index contributed by atoms with van der Waals surface area (Å²) in [6.45, 7) is 8.48. The van der Waals surface area contributed by atoms with E-state index in [0.29, 0.717) is 30.1 Å². The van der Waals surface area contributed by atoms with Gasteiger partial charge in [0.25, 0.3) is 5.91 Å². The number of nitrogens with one attached hydrogen (secondary N) is 1. The quantitative estimate of drug-likeness (QED) is 0.490. The minimum Gasteiger partial charge on any atom is -0.361 e. The van der Waals surface area contributed by atoms with Crippen LogP contribution in [0.1, 0.15) is 46.8 Å². The number of rotatable bonds is 8. The van der Waals surface area contributed by atoms with Crippen LogP contribution in [0.2, 0.25) is 0 Å². The Balaban J connectivity index is 1.72. The second-order valence-electron chi connectivity index (χ2n) is 7.28. The highest BCUT2D eigenvalue weighted by Crippen LogP contribution is 2.29. The molecule has 0 aliphatic carbocycles. The number of carbonyl (C=O) groups excluding carboxylic acids is 2. The van der Waals surface area contributed by atoms with Crippen molar-refractivity contribution in [3.63, 3.8) is 0 Å². The normalized spacial score (nSPS) is 10.7. The fraction of sp³-hybridized carbons (Fsp3) is 0.292. The highest BCUT2D eigenvalue weighted by molar-refractivity contribution is 7.98. The van der Waals surface area contributed by atoms with Crippen LogP contribution >= 0.6 is 11.8 Å². The van der Waals surface area contributed by atoms with Crippen LogP contribution in [-0.4, -0.2) is 28.4 Å². The van der Waals surface area contributed by atoms with Crippen molar-refractivity contribution in [2.24, 2.45) is 0 Å². The first-order chi connectivity index (χ1) is 14.9. The summed E-state index contributed by atoms with van der Waals surface area (Å²) < 4.78 is 5.23. The lowest BCUT2D eigenvalue weighted by Crippen LogP contribution is -2.27. The monoisotopic (exact) mass is 437 g/mol. The van der Waals surface area contributed by atoms with Gasteiger partial charge in [-0.3, -0.25) is 9.59 Å². The van der Waals surface area contributed by atoms with Gasteiger partial charge in [0.05, 0.1) is 11.3 Å². The van der Waals surface area contributed by atoms with Gasteiger partial charge in [0, 0.05) is 41.9 Å². The average Bonchev–Trinajstić information content (AvgIpc) is 3.08. The van der Waals surface area contributed by atoms with Crippen LogP contribution in [0.25, 0.3) is 0 Å². The maximum atomic E-state index is 13.0. The van der Waals surface area contributed by atoms with Gasteiger partial charge in [0.1, 0.15) is 5.76 Å². The van der Waals surface area contributed by atoms with Crippen molar-refractivity contribution in [1.29, 1.82) is 0 Å². The summed E-state index contributed by atoms with van der Waals surface area (Å²) in [6.07, 6.45) is 0. The van der Waals surface area contributed by atoms with E-state index < -0.39 is 0 Å². The molecule has 7 heteroatoms. The minimum absolute atomic E-state index is 0.0289. The Hall–Kier alpha value is -3.06. The molecule has 1 N–H and O–H groups in total. The van der Waals surface area contributed by atoms with E-state index in [0.717, 1.165) is 27.5 Å². The Morgan fingerprint density at radius 1 is 1.13 bits per heavy atom. The molecule has 0 saturated heterocycles. The molecule has 162 valence electrons. The first-order valence-corrected chi connectivity index (χ1v) is 11.2. The van der Waals surface area contributed by atoms with Gasteiger partial charge < -0.3 is 14.7 Å². The fourth-order valence-electron chi connectivity index (χ4n) is 3.25. The van der Waals surface area contributed by atoms with Gasteiger partial charge in [-0.05, 0) is 50.6 Å². The van der Waals surface area contributed by atoms with Crippen molar-refractivity contribution in [2.75, 3.05) is 11.9 Å². The predicted octanol–water partition coefficient (Wildman–Crippen LogP) is 5.20. The molecular formula is C24H27N3O3S. The Bertz CT molecular complexity index is 1060. The zero-order chi connectivity index (χ0) is 22.4. The van der Waals surface area contributed by atoms with E-state index >= 15 is 0 Å². The van der Waals surface area contributed by atoms with E-state index in [-0.39, 0.29) is 11.8 Å². The fourth-order valence-corrected chi connectivity index (χ4v) is 4.45. The number of nitrogens with zero attached hydrogens (tertiary/aromatic N) is 2. The topological polar surface area (TPSA) is 75.4 Å². The van der Waals surface area contributed by atoms with E-state index in [1.807, 2.05) is 69.3 Å². The van der Waals surface area contributed by atoms with Crippen LogP contribution in [0, 0.1) is 13.8 Å². The number of anilines is 1. The number of aromatic nitrogens is 1. The van der Waals surface area contributed by atoms with Gasteiger partial charge in [0.15, 0.2) is 0 Å². The van der Waals surface area contributed by atoms with Gasteiger partial charge in [0.2, 0.25) is 5.91 Å². The van der Waals surface area contributed by atoms with Gasteiger partial charge in [-0.15, -0.1) is 11.8 Å². The SMILES string of the molecule is CCN(Cc1cccc(NC(=O)c2ccccc2SCc2c(C)noc2C)c1)C(C)=O. The van der Waals surface area contributed by atoms with E-state index in [1.54, 1.807) is 23.6 Å². The first kappa shape index (κ1) is 22.6. The molecule has 3 rings (SSSR count). The third-order valence-electron chi connectivity index (χ3n) is 5.07. The van der Waals surface area contributed by atoms with Crippen molar-refractivity contribution < 1.29 is 14.1 Å². The molecule has 1 aromatic heterocycles. The molecule has 0 saturated carbocycles. The lowest BCUT2D eigenvalue weighted by Gasteiger charge is -2.19. The van der Waals surface area contributed by atoms with Crippen molar-refractivity contribution in [3.05, 3.63) is 76.7 Å². The van der Waals surface area contributed by atoms with Crippen LogP contribution in [0.15, 0.2) is 57.9 Å². The van der Waals surface area contributed by atoms with Gasteiger partial charge in [-0.1, -0.05) is 29.4 Å². The van der Waals surface area contributed by atoms with E-state index in [1.165, 1.54) is 0 Å². The molecule has 2 aromatic carbocycles. The molecule has 0 spiro atoms. The molecule has 0 bridgehead atoms. The molecule has 0 aliphatic rings. The number of hydrogen-bond acceptors (Lipinski definition) is 5. The lowest BCUT2D eigenvalue weighted by molar-refractivity contribution is -0.129. The zero-order valence-electron chi connectivity index (χ0n) is 18.3. The smallest absolute Gasteiger partial charge is 0.256 e. The molecule has 1 heterocycles. The van der Waals surface area contributed by atoms with Gasteiger partial charge >= 0.3 is 0 Å². The third-order valence-corrected chi connectivity index (χ3v) is 6.17.